The van der Waals surface area contributed by atoms with Crippen LogP contribution in [0.25, 0.3) is 0 Å². The second-order valence-corrected chi connectivity index (χ2v) is 6.88. The molecule has 1 N–H and O–H groups in total. The smallest absolute Gasteiger partial charge is 0.257 e. The van der Waals surface area contributed by atoms with Crippen molar-refractivity contribution in [3.05, 3.63) is 52.4 Å². The number of hydrogen-bond acceptors (Lipinski definition) is 5. The molecule has 1 aliphatic heterocycles. The number of carbonyl (C=O) groups excluding carboxylic acids is 1. The molecule has 1 amide bonds. The molecule has 1 aromatic carbocycles. The number of nitrogens with zero attached hydrogens (tertiary/aromatic N) is 1. The van der Waals surface area contributed by atoms with Gasteiger partial charge in [0.25, 0.3) is 17.3 Å². The SMILES string of the molecule is COCCn1cc(C(=O)Nc2ccc3c(c2)OC2(CCCC2)O3)ccc1=O. The van der Waals surface area contributed by atoms with E-state index in [0.29, 0.717) is 35.9 Å². The first kappa shape index (κ1) is 17.6. The van der Waals surface area contributed by atoms with Gasteiger partial charge in [-0.2, -0.15) is 0 Å². The summed E-state index contributed by atoms with van der Waals surface area (Å²) in [6.07, 6.45) is 5.49. The summed E-state index contributed by atoms with van der Waals surface area (Å²) in [7, 11) is 1.57. The number of rotatable bonds is 5. The van der Waals surface area contributed by atoms with Gasteiger partial charge in [-0.25, -0.2) is 0 Å². The van der Waals surface area contributed by atoms with Crippen molar-refractivity contribution in [2.24, 2.45) is 0 Å². The molecule has 2 aromatic rings. The third-order valence-corrected chi connectivity index (χ3v) is 4.94. The number of pyridine rings is 1. The first-order valence-electron chi connectivity index (χ1n) is 9.11. The summed E-state index contributed by atoms with van der Waals surface area (Å²) in [5, 5.41) is 2.85. The molecular weight excluding hydrogens is 348 g/mol. The summed E-state index contributed by atoms with van der Waals surface area (Å²) in [4.78, 5) is 24.4. The van der Waals surface area contributed by atoms with Crippen LogP contribution in [0.1, 0.15) is 36.0 Å². The molecule has 1 spiro atoms. The molecule has 142 valence electrons. The summed E-state index contributed by atoms with van der Waals surface area (Å²) in [5.74, 6) is 0.542. The number of amides is 1. The molecule has 0 atom stereocenters. The van der Waals surface area contributed by atoms with Gasteiger partial charge < -0.3 is 24.1 Å². The van der Waals surface area contributed by atoms with E-state index in [-0.39, 0.29) is 11.5 Å². The Morgan fingerprint density at radius 1 is 1.19 bits per heavy atom. The largest absolute Gasteiger partial charge is 0.448 e. The Morgan fingerprint density at radius 3 is 2.74 bits per heavy atom. The molecule has 1 saturated carbocycles. The minimum absolute atomic E-state index is 0.173. The highest BCUT2D eigenvalue weighted by Crippen LogP contribution is 2.47. The predicted molar refractivity (Wildman–Crippen MR) is 99.4 cm³/mol. The lowest BCUT2D eigenvalue weighted by Crippen LogP contribution is -2.34. The number of methoxy groups -OCH3 is 1. The van der Waals surface area contributed by atoms with Crippen LogP contribution in [0.15, 0.2) is 41.3 Å². The van der Waals surface area contributed by atoms with Crippen molar-refractivity contribution >= 4 is 11.6 Å². The summed E-state index contributed by atoms with van der Waals surface area (Å²) in [6, 6.07) is 8.28. The number of carbonyl (C=O) groups is 1. The van der Waals surface area contributed by atoms with E-state index in [9.17, 15) is 9.59 Å². The maximum Gasteiger partial charge on any atom is 0.257 e. The van der Waals surface area contributed by atoms with Crippen LogP contribution in [0.3, 0.4) is 0 Å². The van der Waals surface area contributed by atoms with Crippen LogP contribution >= 0.6 is 0 Å². The molecule has 0 radical (unpaired) electrons. The van der Waals surface area contributed by atoms with Crippen LogP contribution in [0, 0.1) is 0 Å². The summed E-state index contributed by atoms with van der Waals surface area (Å²) >= 11 is 0. The molecule has 7 nitrogen and oxygen atoms in total. The highest BCUT2D eigenvalue weighted by Gasteiger charge is 2.44. The highest BCUT2D eigenvalue weighted by molar-refractivity contribution is 6.04. The van der Waals surface area contributed by atoms with Gasteiger partial charge in [0.2, 0.25) is 0 Å². The van der Waals surface area contributed by atoms with Gasteiger partial charge in [-0.3, -0.25) is 9.59 Å². The number of nitrogens with one attached hydrogen (secondary N) is 1. The van der Waals surface area contributed by atoms with Gasteiger partial charge in [-0.05, 0) is 31.0 Å². The molecule has 7 heteroatoms. The molecule has 0 unspecified atom stereocenters. The number of aromatic nitrogens is 1. The van der Waals surface area contributed by atoms with Crippen LogP contribution in [0.2, 0.25) is 0 Å². The van der Waals surface area contributed by atoms with E-state index in [0.717, 1.165) is 25.7 Å². The van der Waals surface area contributed by atoms with Crippen LogP contribution in [-0.4, -0.2) is 30.0 Å². The van der Waals surface area contributed by atoms with Crippen LogP contribution in [0.4, 0.5) is 5.69 Å². The van der Waals surface area contributed by atoms with Gasteiger partial charge in [-0.15, -0.1) is 0 Å². The van der Waals surface area contributed by atoms with E-state index in [1.165, 1.54) is 22.9 Å². The Labute approximate surface area is 156 Å². The fraction of sp³-hybridized carbons (Fsp3) is 0.400. The zero-order chi connectivity index (χ0) is 18.9. The third-order valence-electron chi connectivity index (χ3n) is 4.94. The van der Waals surface area contributed by atoms with E-state index < -0.39 is 5.79 Å². The first-order valence-corrected chi connectivity index (χ1v) is 9.11. The summed E-state index contributed by atoms with van der Waals surface area (Å²) in [6.45, 7) is 0.789. The van der Waals surface area contributed by atoms with Gasteiger partial charge >= 0.3 is 0 Å². The van der Waals surface area contributed by atoms with Crippen molar-refractivity contribution in [3.63, 3.8) is 0 Å². The highest BCUT2D eigenvalue weighted by atomic mass is 16.7. The third kappa shape index (κ3) is 3.55. The van der Waals surface area contributed by atoms with Crippen molar-refractivity contribution in [1.82, 2.24) is 4.57 Å². The first-order chi connectivity index (χ1) is 13.1. The Morgan fingerprint density at radius 2 is 1.96 bits per heavy atom. The van der Waals surface area contributed by atoms with Crippen molar-refractivity contribution < 1.29 is 19.0 Å². The molecule has 1 aliphatic carbocycles. The van der Waals surface area contributed by atoms with E-state index in [1.54, 1.807) is 19.2 Å². The van der Waals surface area contributed by atoms with Crippen molar-refractivity contribution in [2.45, 2.75) is 38.0 Å². The normalized spacial score (nSPS) is 16.6. The fourth-order valence-corrected chi connectivity index (χ4v) is 3.52. The molecule has 1 aromatic heterocycles. The zero-order valence-electron chi connectivity index (χ0n) is 15.2. The number of hydrogen-bond donors (Lipinski definition) is 1. The molecule has 1 fully saturated rings. The van der Waals surface area contributed by atoms with Gasteiger partial charge in [-0.1, -0.05) is 0 Å². The Bertz CT molecular complexity index is 915. The van der Waals surface area contributed by atoms with Gasteiger partial charge in [0.1, 0.15) is 0 Å². The lowest BCUT2D eigenvalue weighted by molar-refractivity contribution is -0.0716. The topological polar surface area (TPSA) is 78.8 Å². The van der Waals surface area contributed by atoms with Crippen LogP contribution in [0.5, 0.6) is 11.5 Å². The average Bonchev–Trinajstić information content (AvgIpc) is 3.26. The summed E-state index contributed by atoms with van der Waals surface area (Å²) in [5.41, 5.74) is 0.844. The van der Waals surface area contributed by atoms with Crippen LogP contribution in [-0.2, 0) is 11.3 Å². The molecule has 0 bridgehead atoms. The van der Waals surface area contributed by atoms with Crippen LogP contribution < -0.4 is 20.3 Å². The predicted octanol–water partition coefficient (Wildman–Crippen LogP) is 2.79. The summed E-state index contributed by atoms with van der Waals surface area (Å²) < 4.78 is 18.5. The number of fused-ring (bicyclic) bond motifs is 1. The lowest BCUT2D eigenvalue weighted by atomic mass is 10.2. The fourth-order valence-electron chi connectivity index (χ4n) is 3.52. The number of anilines is 1. The molecule has 2 heterocycles. The second kappa shape index (κ2) is 7.08. The Hall–Kier alpha value is -2.80. The molecular formula is C20H22N2O5. The number of ether oxygens (including phenoxy) is 3. The van der Waals surface area contributed by atoms with Crippen molar-refractivity contribution in [2.75, 3.05) is 19.0 Å². The Balaban J connectivity index is 1.49. The molecule has 27 heavy (non-hydrogen) atoms. The van der Waals surface area contributed by atoms with Gasteiger partial charge in [0, 0.05) is 50.5 Å². The molecule has 4 rings (SSSR count). The van der Waals surface area contributed by atoms with E-state index in [4.69, 9.17) is 14.2 Å². The van der Waals surface area contributed by atoms with Gasteiger partial charge in [0.15, 0.2) is 11.5 Å². The van der Waals surface area contributed by atoms with E-state index in [1.807, 2.05) is 6.07 Å². The molecule has 0 saturated heterocycles. The maximum absolute atomic E-state index is 12.6. The van der Waals surface area contributed by atoms with Crippen molar-refractivity contribution in [1.29, 1.82) is 0 Å². The minimum Gasteiger partial charge on any atom is -0.448 e. The average molecular weight is 370 g/mol. The van der Waals surface area contributed by atoms with E-state index in [2.05, 4.69) is 5.32 Å². The standard InChI is InChI=1S/C20H22N2O5/c1-25-11-10-22-13-14(4-7-18(22)23)19(24)21-15-5-6-16-17(12-15)27-20(26-16)8-2-3-9-20/h4-7,12-13H,2-3,8-11H2,1H3,(H,21,24). The number of benzene rings is 1. The maximum atomic E-state index is 12.6. The quantitative estimate of drug-likeness (QED) is 0.876. The minimum atomic E-state index is -0.526. The monoisotopic (exact) mass is 370 g/mol. The van der Waals surface area contributed by atoms with Crippen molar-refractivity contribution in [3.8, 4) is 11.5 Å². The van der Waals surface area contributed by atoms with Gasteiger partial charge in [0.05, 0.1) is 12.2 Å². The van der Waals surface area contributed by atoms with E-state index >= 15 is 0 Å². The second-order valence-electron chi connectivity index (χ2n) is 6.88. The molecule has 2 aliphatic rings. The Kier molecular flexibility index (Phi) is 4.61. The zero-order valence-corrected chi connectivity index (χ0v) is 15.2. The lowest BCUT2D eigenvalue weighted by Gasteiger charge is -2.21.